The van der Waals surface area contributed by atoms with E-state index in [-0.39, 0.29) is 31.1 Å². The van der Waals surface area contributed by atoms with Gasteiger partial charge in [0.25, 0.3) is 0 Å². The Kier molecular flexibility index (Phi) is 63.3. The second-order valence-corrected chi connectivity index (χ2v) is 22.0. The summed E-state index contributed by atoms with van der Waals surface area (Å²) < 4.78 is 17.0. The standard InChI is InChI=1S/C73H124O6/c1-4-7-10-13-16-19-22-25-27-29-31-33-35-36-38-39-41-43-45-48-51-54-57-60-63-66-72(75)78-69-70(68-77-71(74)65-62-59-56-53-50-47-24-21-18-15-12-9-6-3)79-73(76)67-64-61-58-55-52-49-46-44-42-40-37-34-32-30-28-26-23-20-17-14-11-8-5-2/h7-8,10-11,16-17,19-20,25-28,31-34,36,38,70H,4-6,9,12-15,18,21-24,29-30,35,37,39-69H2,1-3H3/b10-7-,11-8-,19-16-,20-17-,27-25-,28-26-,33-31-,34-32-,38-36-. The highest BCUT2D eigenvalue weighted by Gasteiger charge is 2.19. The van der Waals surface area contributed by atoms with E-state index in [4.69, 9.17) is 14.2 Å². The molecule has 0 saturated carbocycles. The smallest absolute Gasteiger partial charge is 0.306 e. The maximum absolute atomic E-state index is 12.9. The van der Waals surface area contributed by atoms with E-state index in [1.54, 1.807) is 0 Å². The molecule has 0 spiro atoms. The minimum atomic E-state index is -0.784. The lowest BCUT2D eigenvalue weighted by atomic mass is 10.0. The average Bonchev–Trinajstić information content (AvgIpc) is 3.45. The molecule has 0 aromatic carbocycles. The summed E-state index contributed by atoms with van der Waals surface area (Å²) in [6.45, 7) is 6.44. The number of esters is 3. The maximum atomic E-state index is 12.9. The lowest BCUT2D eigenvalue weighted by Crippen LogP contribution is -2.30. The van der Waals surface area contributed by atoms with Crippen LogP contribution in [0.1, 0.15) is 316 Å². The first-order chi connectivity index (χ1) is 39.0. The topological polar surface area (TPSA) is 78.9 Å². The molecule has 6 heteroatoms. The summed E-state index contributed by atoms with van der Waals surface area (Å²) in [5.74, 6) is -0.878. The van der Waals surface area contributed by atoms with Crippen LogP contribution in [0.3, 0.4) is 0 Å². The van der Waals surface area contributed by atoms with Crippen LogP contribution < -0.4 is 0 Å². The Morgan fingerprint density at radius 3 is 0.772 bits per heavy atom. The fraction of sp³-hybridized carbons (Fsp3) is 0.712. The summed E-state index contributed by atoms with van der Waals surface area (Å²) in [4.78, 5) is 38.4. The molecule has 1 unspecified atom stereocenters. The van der Waals surface area contributed by atoms with Crippen LogP contribution in [0, 0.1) is 0 Å². The molecule has 0 aliphatic heterocycles. The molecule has 0 aromatic heterocycles. The minimum absolute atomic E-state index is 0.0793. The molecule has 0 rings (SSSR count). The number of allylic oxidation sites excluding steroid dienone is 18. The van der Waals surface area contributed by atoms with Gasteiger partial charge in [-0.25, -0.2) is 0 Å². The van der Waals surface area contributed by atoms with Gasteiger partial charge in [-0.3, -0.25) is 14.4 Å². The van der Waals surface area contributed by atoms with Gasteiger partial charge in [0.05, 0.1) is 0 Å². The van der Waals surface area contributed by atoms with Crippen molar-refractivity contribution in [3.63, 3.8) is 0 Å². The Bertz CT molecular complexity index is 1590. The van der Waals surface area contributed by atoms with Crippen molar-refractivity contribution in [1.29, 1.82) is 0 Å². The molecule has 6 nitrogen and oxygen atoms in total. The van der Waals surface area contributed by atoms with E-state index in [2.05, 4.69) is 130 Å². The van der Waals surface area contributed by atoms with E-state index < -0.39 is 6.10 Å². The highest BCUT2D eigenvalue weighted by atomic mass is 16.6. The molecule has 0 amide bonds. The SMILES string of the molecule is CC/C=C\C/C=C\C/C=C\C/C=C\C/C=C\CCCCCCCCCCCC(=O)OCC(COC(=O)CCCCCCCCCCCCCCC)OC(=O)CCCCCCCCCCCC/C=C\C/C=C\C/C=C\C/C=C\CC. The fourth-order valence-electron chi connectivity index (χ4n) is 9.35. The van der Waals surface area contributed by atoms with Crippen LogP contribution in [0.4, 0.5) is 0 Å². The minimum Gasteiger partial charge on any atom is -0.462 e. The first-order valence-electron chi connectivity index (χ1n) is 33.4. The van der Waals surface area contributed by atoms with Crippen molar-refractivity contribution < 1.29 is 28.6 Å². The molecule has 0 heterocycles. The van der Waals surface area contributed by atoms with Crippen molar-refractivity contribution in [1.82, 2.24) is 0 Å². The Morgan fingerprint density at radius 2 is 0.494 bits per heavy atom. The number of rotatable bonds is 60. The van der Waals surface area contributed by atoms with Crippen molar-refractivity contribution in [2.75, 3.05) is 13.2 Å². The van der Waals surface area contributed by atoms with E-state index in [9.17, 15) is 14.4 Å². The number of hydrogen-bond acceptors (Lipinski definition) is 6. The zero-order chi connectivity index (χ0) is 57.1. The molecule has 0 fully saturated rings. The maximum Gasteiger partial charge on any atom is 0.306 e. The third-order valence-electron chi connectivity index (χ3n) is 14.3. The van der Waals surface area contributed by atoms with Crippen molar-refractivity contribution in [2.24, 2.45) is 0 Å². The quantitative estimate of drug-likeness (QED) is 0.0261. The van der Waals surface area contributed by atoms with Crippen molar-refractivity contribution >= 4 is 17.9 Å². The van der Waals surface area contributed by atoms with E-state index in [0.717, 1.165) is 122 Å². The molecule has 0 radical (unpaired) electrons. The summed E-state index contributed by atoms with van der Waals surface area (Å²) in [5, 5.41) is 0. The van der Waals surface area contributed by atoms with Crippen LogP contribution in [0.25, 0.3) is 0 Å². The second kappa shape index (κ2) is 66.6. The highest BCUT2D eigenvalue weighted by Crippen LogP contribution is 2.17. The molecule has 0 N–H and O–H groups in total. The van der Waals surface area contributed by atoms with Crippen LogP contribution in [-0.4, -0.2) is 37.2 Å². The van der Waals surface area contributed by atoms with Crippen LogP contribution in [0.15, 0.2) is 109 Å². The zero-order valence-electron chi connectivity index (χ0n) is 51.9. The monoisotopic (exact) mass is 1100 g/mol. The van der Waals surface area contributed by atoms with E-state index in [1.807, 2.05) is 0 Å². The number of carbonyl (C=O) groups is 3. The summed E-state index contributed by atoms with van der Waals surface area (Å²) in [6, 6.07) is 0. The predicted octanol–water partition coefficient (Wildman–Crippen LogP) is 23.0. The number of hydrogen-bond donors (Lipinski definition) is 0. The largest absolute Gasteiger partial charge is 0.462 e. The second-order valence-electron chi connectivity index (χ2n) is 22.0. The Hall–Kier alpha value is -3.93. The summed E-state index contributed by atoms with van der Waals surface area (Å²) in [6.07, 6.45) is 90.9. The zero-order valence-corrected chi connectivity index (χ0v) is 51.9. The van der Waals surface area contributed by atoms with Gasteiger partial charge in [0.1, 0.15) is 13.2 Å². The van der Waals surface area contributed by atoms with Crippen LogP contribution in [0.5, 0.6) is 0 Å². The molecule has 0 bridgehead atoms. The number of carbonyl (C=O) groups excluding carboxylic acids is 3. The molecule has 1 atom stereocenters. The summed E-state index contributed by atoms with van der Waals surface area (Å²) in [7, 11) is 0. The van der Waals surface area contributed by atoms with E-state index in [0.29, 0.717) is 19.3 Å². The Morgan fingerprint density at radius 1 is 0.266 bits per heavy atom. The molecule has 0 saturated heterocycles. The molecular formula is C73H124O6. The van der Waals surface area contributed by atoms with E-state index >= 15 is 0 Å². The van der Waals surface area contributed by atoms with Gasteiger partial charge < -0.3 is 14.2 Å². The van der Waals surface area contributed by atoms with Gasteiger partial charge in [-0.1, -0.05) is 304 Å². The van der Waals surface area contributed by atoms with Gasteiger partial charge in [-0.2, -0.15) is 0 Å². The summed E-state index contributed by atoms with van der Waals surface area (Å²) in [5.41, 5.74) is 0. The van der Waals surface area contributed by atoms with Crippen molar-refractivity contribution in [2.45, 2.75) is 322 Å². The van der Waals surface area contributed by atoms with Crippen LogP contribution >= 0.6 is 0 Å². The predicted molar refractivity (Wildman–Crippen MR) is 343 cm³/mol. The average molecular weight is 1100 g/mol. The lowest BCUT2D eigenvalue weighted by Gasteiger charge is -2.18. The molecule has 79 heavy (non-hydrogen) atoms. The normalized spacial score (nSPS) is 12.8. The first-order valence-corrected chi connectivity index (χ1v) is 33.4. The Labute approximate surface area is 489 Å². The molecular weight excluding hydrogens is 973 g/mol. The van der Waals surface area contributed by atoms with Gasteiger partial charge in [-0.15, -0.1) is 0 Å². The fourth-order valence-corrected chi connectivity index (χ4v) is 9.35. The molecule has 0 aromatic rings. The van der Waals surface area contributed by atoms with Gasteiger partial charge >= 0.3 is 17.9 Å². The summed E-state index contributed by atoms with van der Waals surface area (Å²) >= 11 is 0. The number of unbranched alkanes of at least 4 members (excludes halogenated alkanes) is 31. The van der Waals surface area contributed by atoms with Gasteiger partial charge in [0.15, 0.2) is 6.10 Å². The molecule has 0 aliphatic carbocycles. The first kappa shape index (κ1) is 75.1. The molecule has 452 valence electrons. The van der Waals surface area contributed by atoms with Gasteiger partial charge in [-0.05, 0) is 103 Å². The lowest BCUT2D eigenvalue weighted by molar-refractivity contribution is -0.167. The van der Waals surface area contributed by atoms with Crippen LogP contribution in [-0.2, 0) is 28.6 Å². The third kappa shape index (κ3) is 64.8. The number of ether oxygens (including phenoxy) is 3. The highest BCUT2D eigenvalue weighted by molar-refractivity contribution is 5.71. The van der Waals surface area contributed by atoms with Crippen LogP contribution in [0.2, 0.25) is 0 Å². The third-order valence-corrected chi connectivity index (χ3v) is 14.3. The molecule has 0 aliphatic rings. The van der Waals surface area contributed by atoms with Crippen molar-refractivity contribution in [3.05, 3.63) is 109 Å². The van der Waals surface area contributed by atoms with E-state index in [1.165, 1.54) is 154 Å². The van der Waals surface area contributed by atoms with Gasteiger partial charge in [0.2, 0.25) is 0 Å². The van der Waals surface area contributed by atoms with Gasteiger partial charge in [0, 0.05) is 19.3 Å². The Balaban J connectivity index is 4.33. The van der Waals surface area contributed by atoms with Crippen molar-refractivity contribution in [3.8, 4) is 0 Å².